The predicted octanol–water partition coefficient (Wildman–Crippen LogP) is 8.62. The summed E-state index contributed by atoms with van der Waals surface area (Å²) in [6.07, 6.45) is 0.489. The fourth-order valence-electron chi connectivity index (χ4n) is 5.33. The summed E-state index contributed by atoms with van der Waals surface area (Å²) < 4.78 is 2.10. The van der Waals surface area contributed by atoms with Crippen LogP contribution in [0, 0.1) is 0 Å². The second-order valence-corrected chi connectivity index (χ2v) is 14.1. The SMILES string of the molecule is CCn1c2ccc(C(=O)/C(CCSc3ccc(N)cc3)=N/OC(C)=O)cc2c2cc(C(=O)/C(CCSc3ccc(Cl)cc3)=N/OC(C)=O)ccc21. The van der Waals surface area contributed by atoms with Gasteiger partial charge in [0.25, 0.3) is 0 Å². The first-order valence-electron chi connectivity index (χ1n) is 16.0. The van der Waals surface area contributed by atoms with Gasteiger partial charge >= 0.3 is 11.9 Å². The van der Waals surface area contributed by atoms with E-state index < -0.39 is 11.9 Å². The van der Waals surface area contributed by atoms with Gasteiger partial charge in [-0.15, -0.1) is 23.5 Å². The van der Waals surface area contributed by atoms with E-state index in [0.717, 1.165) is 31.6 Å². The molecule has 262 valence electrons. The van der Waals surface area contributed by atoms with Crippen LogP contribution in [0.4, 0.5) is 5.69 Å². The molecule has 0 bridgehead atoms. The minimum atomic E-state index is -0.634. The molecule has 0 fully saturated rings. The maximum Gasteiger partial charge on any atom is 0.331 e. The summed E-state index contributed by atoms with van der Waals surface area (Å²) in [5.74, 6) is -1.02. The Morgan fingerprint density at radius 2 is 1.12 bits per heavy atom. The number of nitrogens with zero attached hydrogens (tertiary/aromatic N) is 3. The van der Waals surface area contributed by atoms with E-state index in [-0.39, 0.29) is 35.8 Å². The first-order chi connectivity index (χ1) is 24.5. The lowest BCUT2D eigenvalue weighted by Gasteiger charge is -2.07. The number of Topliss-reactive ketones (excluding diaryl/α,β-unsaturated/α-hetero) is 2. The second-order valence-electron chi connectivity index (χ2n) is 11.3. The number of oxime groups is 2. The van der Waals surface area contributed by atoms with E-state index in [9.17, 15) is 19.2 Å². The van der Waals surface area contributed by atoms with E-state index in [1.54, 1.807) is 48.5 Å². The van der Waals surface area contributed by atoms with Gasteiger partial charge in [0, 0.05) is 98.2 Å². The molecule has 0 atom stereocenters. The number of aryl methyl sites for hydroxylation is 1. The van der Waals surface area contributed by atoms with Crippen LogP contribution in [-0.2, 0) is 25.8 Å². The van der Waals surface area contributed by atoms with Crippen LogP contribution in [0.5, 0.6) is 0 Å². The Bertz CT molecular complexity index is 2010. The number of hydrogen-bond donors (Lipinski definition) is 1. The van der Waals surface area contributed by atoms with E-state index in [4.69, 9.17) is 27.0 Å². The van der Waals surface area contributed by atoms with Crippen molar-refractivity contribution in [3.05, 3.63) is 101 Å². The zero-order valence-corrected chi connectivity index (χ0v) is 30.6. The van der Waals surface area contributed by atoms with Crippen molar-refractivity contribution in [2.45, 2.75) is 49.9 Å². The number of benzene rings is 4. The molecule has 0 saturated heterocycles. The molecule has 10 nitrogen and oxygen atoms in total. The molecule has 51 heavy (non-hydrogen) atoms. The summed E-state index contributed by atoms with van der Waals surface area (Å²) in [6.45, 7) is 5.10. The van der Waals surface area contributed by atoms with Gasteiger partial charge in [-0.2, -0.15) is 0 Å². The lowest BCUT2D eigenvalue weighted by Crippen LogP contribution is -2.17. The molecule has 5 aromatic rings. The molecule has 1 aromatic heterocycles. The summed E-state index contributed by atoms with van der Waals surface area (Å²) >= 11 is 9.05. The molecule has 1 heterocycles. The van der Waals surface area contributed by atoms with Crippen molar-refractivity contribution in [3.8, 4) is 0 Å². The van der Waals surface area contributed by atoms with Gasteiger partial charge in [0.05, 0.1) is 0 Å². The van der Waals surface area contributed by atoms with Crippen LogP contribution in [0.25, 0.3) is 21.8 Å². The Morgan fingerprint density at radius 3 is 1.53 bits per heavy atom. The van der Waals surface area contributed by atoms with Crippen LogP contribution >= 0.6 is 35.1 Å². The largest absolute Gasteiger partial charge is 0.399 e. The highest BCUT2D eigenvalue weighted by molar-refractivity contribution is 7.99. The number of hydrogen-bond acceptors (Lipinski definition) is 11. The van der Waals surface area contributed by atoms with E-state index in [2.05, 4.69) is 14.9 Å². The van der Waals surface area contributed by atoms with Crippen molar-refractivity contribution in [2.75, 3.05) is 17.2 Å². The molecule has 0 aliphatic rings. The molecule has 0 aliphatic heterocycles. The molecule has 0 amide bonds. The Morgan fingerprint density at radius 1 is 0.686 bits per heavy atom. The van der Waals surface area contributed by atoms with Crippen LogP contribution in [0.1, 0.15) is 54.3 Å². The molecule has 2 N–H and O–H groups in total. The van der Waals surface area contributed by atoms with Gasteiger partial charge < -0.3 is 20.0 Å². The average molecular weight is 743 g/mol. The Labute approximate surface area is 308 Å². The Kier molecular flexibility index (Phi) is 12.7. The fourth-order valence-corrected chi connectivity index (χ4v) is 7.17. The van der Waals surface area contributed by atoms with Crippen LogP contribution in [-0.4, -0.2) is 51.0 Å². The number of carbonyl (C=O) groups excluding carboxylic acids is 4. The van der Waals surface area contributed by atoms with Crippen molar-refractivity contribution in [3.63, 3.8) is 0 Å². The number of nitrogen functional groups attached to an aromatic ring is 1. The maximum absolute atomic E-state index is 13.8. The quantitative estimate of drug-likeness (QED) is 0.0279. The summed E-state index contributed by atoms with van der Waals surface area (Å²) in [4.78, 5) is 62.7. The normalized spacial score (nSPS) is 11.9. The lowest BCUT2D eigenvalue weighted by atomic mass is 10.00. The molecule has 0 spiro atoms. The maximum atomic E-state index is 13.8. The second kappa shape index (κ2) is 17.3. The molecule has 0 unspecified atom stereocenters. The minimum absolute atomic E-state index is 0.101. The zero-order valence-electron chi connectivity index (χ0n) is 28.2. The average Bonchev–Trinajstić information content (AvgIpc) is 3.44. The third-order valence-electron chi connectivity index (χ3n) is 7.71. The van der Waals surface area contributed by atoms with Crippen molar-refractivity contribution in [2.24, 2.45) is 10.3 Å². The van der Waals surface area contributed by atoms with E-state index >= 15 is 0 Å². The number of thioether (sulfide) groups is 2. The highest BCUT2D eigenvalue weighted by Crippen LogP contribution is 2.32. The van der Waals surface area contributed by atoms with Gasteiger partial charge in [0.15, 0.2) is 0 Å². The molecule has 5 rings (SSSR count). The third-order valence-corrected chi connectivity index (χ3v) is 9.99. The highest BCUT2D eigenvalue weighted by Gasteiger charge is 2.21. The first kappa shape index (κ1) is 37.3. The van der Waals surface area contributed by atoms with E-state index in [0.29, 0.717) is 39.9 Å². The number of rotatable bonds is 15. The number of nitrogens with two attached hydrogens (primary N) is 1. The number of fused-ring (bicyclic) bond motifs is 3. The van der Waals surface area contributed by atoms with E-state index in [1.165, 1.54) is 37.4 Å². The van der Waals surface area contributed by atoms with Crippen molar-refractivity contribution < 1.29 is 28.9 Å². The van der Waals surface area contributed by atoms with Gasteiger partial charge in [-0.3, -0.25) is 9.59 Å². The van der Waals surface area contributed by atoms with Gasteiger partial charge in [-0.1, -0.05) is 21.9 Å². The number of carbonyl (C=O) groups is 4. The third kappa shape index (κ3) is 9.66. The van der Waals surface area contributed by atoms with Crippen LogP contribution < -0.4 is 5.73 Å². The summed E-state index contributed by atoms with van der Waals surface area (Å²) in [7, 11) is 0. The number of anilines is 1. The minimum Gasteiger partial charge on any atom is -0.399 e. The number of ketones is 2. The number of halogens is 1. The molecule has 0 aliphatic carbocycles. The molecule has 0 radical (unpaired) electrons. The molecule has 4 aromatic carbocycles. The zero-order chi connectivity index (χ0) is 36.5. The fraction of sp³-hybridized carbons (Fsp3) is 0.211. The highest BCUT2D eigenvalue weighted by atomic mass is 35.5. The topological polar surface area (TPSA) is 142 Å². The van der Waals surface area contributed by atoms with Gasteiger partial charge in [-0.25, -0.2) is 9.59 Å². The summed E-state index contributed by atoms with van der Waals surface area (Å²) in [5.41, 5.74) is 9.11. The summed E-state index contributed by atoms with van der Waals surface area (Å²) in [5, 5.41) is 9.98. The van der Waals surface area contributed by atoms with Crippen molar-refractivity contribution in [1.82, 2.24) is 4.57 Å². The van der Waals surface area contributed by atoms with Gasteiger partial charge in [0.2, 0.25) is 11.6 Å². The molecular weight excluding hydrogens is 708 g/mol. The lowest BCUT2D eigenvalue weighted by molar-refractivity contribution is -0.141. The first-order valence-corrected chi connectivity index (χ1v) is 18.4. The van der Waals surface area contributed by atoms with Crippen LogP contribution in [0.15, 0.2) is 105 Å². The van der Waals surface area contributed by atoms with Crippen molar-refractivity contribution >= 4 is 97.5 Å². The standard InChI is InChI=1S/C38H35ClN4O6S2/c1-4-43-35-15-5-25(37(46)33(41-48-23(2)44)17-19-50-29-11-7-27(39)8-12-29)21-31(35)32-22-26(6-16-36(32)43)38(47)34(42-49-24(3)45)18-20-51-30-13-9-28(40)10-14-30/h5-16,21-22H,4,17-20,40H2,1-3H3/b41-33+,42-34+. The monoisotopic (exact) mass is 742 g/mol. The summed E-state index contributed by atoms with van der Waals surface area (Å²) in [6, 6.07) is 25.5. The molecule has 13 heteroatoms. The van der Waals surface area contributed by atoms with Gasteiger partial charge in [-0.05, 0) is 91.9 Å². The smallest absolute Gasteiger partial charge is 0.331 e. The Hall–Kier alpha value is -4.91. The van der Waals surface area contributed by atoms with Crippen LogP contribution in [0.2, 0.25) is 5.02 Å². The molecular formula is C38H35ClN4O6S2. The van der Waals surface area contributed by atoms with Crippen LogP contribution in [0.3, 0.4) is 0 Å². The Balaban J connectivity index is 1.44. The predicted molar refractivity (Wildman–Crippen MR) is 205 cm³/mol. The van der Waals surface area contributed by atoms with E-state index in [1.807, 2.05) is 43.3 Å². The van der Waals surface area contributed by atoms with Crippen molar-refractivity contribution in [1.29, 1.82) is 0 Å². The number of aromatic nitrogens is 1. The molecule has 0 saturated carbocycles. The van der Waals surface area contributed by atoms with Gasteiger partial charge in [0.1, 0.15) is 11.4 Å².